The minimum Gasteiger partial charge on any atom is -0.495 e. The number of pyridine rings is 1. The van der Waals surface area contributed by atoms with Crippen molar-refractivity contribution in [2.75, 3.05) is 43.1 Å². The van der Waals surface area contributed by atoms with E-state index >= 15 is 0 Å². The van der Waals surface area contributed by atoms with Crippen LogP contribution in [0.2, 0.25) is 0 Å². The molecule has 1 N–H and O–H groups in total. The summed E-state index contributed by atoms with van der Waals surface area (Å²) in [7, 11) is 1.63. The molecule has 3 heterocycles. The molecule has 0 aliphatic carbocycles. The molecule has 0 radical (unpaired) electrons. The predicted molar refractivity (Wildman–Crippen MR) is 136 cm³/mol. The summed E-state index contributed by atoms with van der Waals surface area (Å²) in [6.07, 6.45) is -1.90. The first-order valence-electron chi connectivity index (χ1n) is 12.4. The largest absolute Gasteiger partial charge is 0.495 e. The Morgan fingerprint density at radius 1 is 1.08 bits per heavy atom. The van der Waals surface area contributed by atoms with Crippen molar-refractivity contribution in [3.05, 3.63) is 83.7 Å². The third kappa shape index (κ3) is 5.21. The molecular weight excluding hydrogens is 481 g/mol. The van der Waals surface area contributed by atoms with E-state index in [2.05, 4.69) is 20.1 Å². The number of carbonyl (C=O) groups is 1. The van der Waals surface area contributed by atoms with Crippen LogP contribution in [0.3, 0.4) is 0 Å². The highest BCUT2D eigenvalue weighted by Gasteiger charge is 2.43. The smallest absolute Gasteiger partial charge is 0.416 e. The topological polar surface area (TPSA) is 57.7 Å². The van der Waals surface area contributed by atoms with Gasteiger partial charge in [-0.1, -0.05) is 18.2 Å². The number of ether oxygens (including phenoxy) is 1. The maximum atomic E-state index is 13.5. The van der Waals surface area contributed by atoms with Crippen molar-refractivity contribution >= 4 is 17.3 Å². The number of hydrogen-bond donors (Lipinski definition) is 1. The van der Waals surface area contributed by atoms with Gasteiger partial charge in [-0.15, -0.1) is 0 Å². The summed E-state index contributed by atoms with van der Waals surface area (Å²) < 4.78 is 46.0. The van der Waals surface area contributed by atoms with Crippen LogP contribution in [0.15, 0.2) is 66.9 Å². The van der Waals surface area contributed by atoms with E-state index in [-0.39, 0.29) is 18.4 Å². The van der Waals surface area contributed by atoms with Crippen LogP contribution in [0.4, 0.5) is 24.5 Å². The van der Waals surface area contributed by atoms with Crippen molar-refractivity contribution in [1.82, 2.24) is 10.3 Å². The average molecular weight is 511 g/mol. The molecule has 2 aromatic carbocycles. The molecule has 194 valence electrons. The molecule has 5 rings (SSSR count). The predicted octanol–water partition coefficient (Wildman–Crippen LogP) is 4.34. The molecule has 2 unspecified atom stereocenters. The van der Waals surface area contributed by atoms with Crippen LogP contribution in [0, 0.1) is 5.92 Å². The van der Waals surface area contributed by atoms with Gasteiger partial charge in [0.1, 0.15) is 5.75 Å². The monoisotopic (exact) mass is 510 g/mol. The lowest BCUT2D eigenvalue weighted by Crippen LogP contribution is -2.61. The molecule has 0 saturated carbocycles. The van der Waals surface area contributed by atoms with E-state index in [4.69, 9.17) is 4.74 Å². The van der Waals surface area contributed by atoms with Gasteiger partial charge in [-0.2, -0.15) is 13.2 Å². The number of anilines is 2. The van der Waals surface area contributed by atoms with Crippen LogP contribution >= 0.6 is 0 Å². The maximum Gasteiger partial charge on any atom is 0.416 e. The summed E-state index contributed by atoms with van der Waals surface area (Å²) in [6, 6.07) is 17.1. The molecule has 0 bridgehead atoms. The number of aromatic nitrogens is 1. The van der Waals surface area contributed by atoms with Gasteiger partial charge in [0.05, 0.1) is 30.3 Å². The van der Waals surface area contributed by atoms with E-state index in [1.807, 2.05) is 42.5 Å². The van der Waals surface area contributed by atoms with E-state index in [9.17, 15) is 18.0 Å². The normalized spacial score (nSPS) is 19.1. The molecule has 1 saturated heterocycles. The molecule has 3 aromatic rings. The van der Waals surface area contributed by atoms with Crippen LogP contribution in [0.25, 0.3) is 0 Å². The second kappa shape index (κ2) is 10.3. The molecular formula is C28H29F3N4O2. The number of carbonyl (C=O) groups excluding carboxylic acids is 1. The molecule has 0 spiro atoms. The van der Waals surface area contributed by atoms with E-state index < -0.39 is 17.7 Å². The van der Waals surface area contributed by atoms with Crippen LogP contribution in [-0.2, 0) is 23.8 Å². The van der Waals surface area contributed by atoms with Crippen LogP contribution in [0.5, 0.6) is 5.75 Å². The standard InChI is InChI=1S/C28H29F3N4O2/c1-37-26-8-3-2-7-24(26)34-14-15-35-23-10-9-20(28(29,30)31)16-19(23)17-22(25(35)18-34)27(36)33-13-11-21-6-4-5-12-32-21/h2-10,12,16,22,25H,11,13-15,17-18H2,1H3,(H,33,36). The van der Waals surface area contributed by atoms with Crippen molar-refractivity contribution in [1.29, 1.82) is 0 Å². The molecule has 1 aromatic heterocycles. The molecule has 6 nitrogen and oxygen atoms in total. The van der Waals surface area contributed by atoms with Gasteiger partial charge in [0.25, 0.3) is 0 Å². The lowest BCUT2D eigenvalue weighted by atomic mass is 9.82. The third-order valence-corrected chi connectivity index (χ3v) is 7.21. The minimum absolute atomic E-state index is 0.157. The summed E-state index contributed by atoms with van der Waals surface area (Å²) in [4.78, 5) is 22.1. The molecule has 37 heavy (non-hydrogen) atoms. The lowest BCUT2D eigenvalue weighted by molar-refractivity contribution is -0.137. The number of nitrogens with one attached hydrogen (secondary N) is 1. The molecule has 1 fully saturated rings. The van der Waals surface area contributed by atoms with Crippen molar-refractivity contribution in [2.45, 2.75) is 25.1 Å². The van der Waals surface area contributed by atoms with E-state index in [0.29, 0.717) is 38.2 Å². The fourth-order valence-electron chi connectivity index (χ4n) is 5.40. The Morgan fingerprint density at radius 3 is 2.65 bits per heavy atom. The first-order valence-corrected chi connectivity index (χ1v) is 12.4. The van der Waals surface area contributed by atoms with Crippen molar-refractivity contribution in [3.8, 4) is 5.75 Å². The number of benzene rings is 2. The zero-order valence-electron chi connectivity index (χ0n) is 20.5. The Labute approximate surface area is 214 Å². The molecule has 9 heteroatoms. The highest BCUT2D eigenvalue weighted by Crippen LogP contribution is 2.41. The number of amides is 1. The SMILES string of the molecule is COc1ccccc1N1CCN2c3ccc(C(F)(F)F)cc3CC(C(=O)NCCc3ccccn3)C2C1. The summed E-state index contributed by atoms with van der Waals surface area (Å²) in [5.41, 5.74) is 2.45. The number of halogens is 3. The van der Waals surface area contributed by atoms with Gasteiger partial charge in [-0.25, -0.2) is 0 Å². The number of piperazine rings is 1. The van der Waals surface area contributed by atoms with Crippen LogP contribution in [0.1, 0.15) is 16.8 Å². The Balaban J connectivity index is 1.42. The summed E-state index contributed by atoms with van der Waals surface area (Å²) in [6.45, 7) is 2.20. The minimum atomic E-state index is -4.44. The highest BCUT2D eigenvalue weighted by atomic mass is 19.4. The van der Waals surface area contributed by atoms with Crippen molar-refractivity contribution < 1.29 is 22.7 Å². The number of methoxy groups -OCH3 is 1. The second-order valence-electron chi connectivity index (χ2n) is 9.39. The quantitative estimate of drug-likeness (QED) is 0.535. The van der Waals surface area contributed by atoms with E-state index in [1.165, 1.54) is 6.07 Å². The lowest BCUT2D eigenvalue weighted by Gasteiger charge is -2.49. The van der Waals surface area contributed by atoms with Crippen molar-refractivity contribution in [2.24, 2.45) is 5.92 Å². The Kier molecular flexibility index (Phi) is 6.95. The zero-order chi connectivity index (χ0) is 26.0. The van der Waals surface area contributed by atoms with Gasteiger partial charge >= 0.3 is 6.18 Å². The first kappa shape index (κ1) is 24.9. The summed E-state index contributed by atoms with van der Waals surface area (Å²) in [5, 5.41) is 3.02. The van der Waals surface area contributed by atoms with Gasteiger partial charge in [0.2, 0.25) is 5.91 Å². The fourth-order valence-corrected chi connectivity index (χ4v) is 5.40. The van der Waals surface area contributed by atoms with Crippen LogP contribution in [-0.4, -0.2) is 50.2 Å². The first-order chi connectivity index (χ1) is 17.8. The molecule has 2 aliphatic heterocycles. The summed E-state index contributed by atoms with van der Waals surface area (Å²) >= 11 is 0. The van der Waals surface area contributed by atoms with Crippen molar-refractivity contribution in [3.63, 3.8) is 0 Å². The molecule has 2 atom stereocenters. The highest BCUT2D eigenvalue weighted by molar-refractivity contribution is 5.82. The number of rotatable bonds is 6. The molecule has 1 amide bonds. The number of nitrogens with zero attached hydrogens (tertiary/aromatic N) is 3. The number of para-hydroxylation sites is 2. The molecule has 2 aliphatic rings. The Bertz CT molecular complexity index is 1250. The maximum absolute atomic E-state index is 13.5. The van der Waals surface area contributed by atoms with Gasteiger partial charge in [0.15, 0.2) is 0 Å². The summed E-state index contributed by atoms with van der Waals surface area (Å²) in [5.74, 6) is 0.0893. The van der Waals surface area contributed by atoms with Gasteiger partial charge in [-0.05, 0) is 54.4 Å². The van der Waals surface area contributed by atoms with Gasteiger partial charge in [0, 0.05) is 50.2 Å². The zero-order valence-corrected chi connectivity index (χ0v) is 20.5. The number of hydrogen-bond acceptors (Lipinski definition) is 5. The van der Waals surface area contributed by atoms with Crippen LogP contribution < -0.4 is 19.9 Å². The third-order valence-electron chi connectivity index (χ3n) is 7.21. The number of alkyl halides is 3. The van der Waals surface area contributed by atoms with Gasteiger partial charge < -0.3 is 19.9 Å². The fraction of sp³-hybridized carbons (Fsp3) is 0.357. The second-order valence-corrected chi connectivity index (χ2v) is 9.39. The van der Waals surface area contributed by atoms with Gasteiger partial charge in [-0.3, -0.25) is 9.78 Å². The van der Waals surface area contributed by atoms with E-state index in [1.54, 1.807) is 19.4 Å². The average Bonchev–Trinajstić information content (AvgIpc) is 2.92. The Hall–Kier alpha value is -3.75. The Morgan fingerprint density at radius 2 is 1.89 bits per heavy atom. The number of fused-ring (bicyclic) bond motifs is 3. The van der Waals surface area contributed by atoms with E-state index in [0.717, 1.165) is 28.9 Å².